The van der Waals surface area contributed by atoms with Gasteiger partial charge in [-0.3, -0.25) is 0 Å². The van der Waals surface area contributed by atoms with Crippen molar-refractivity contribution in [1.29, 1.82) is 0 Å². The van der Waals surface area contributed by atoms with E-state index in [1.54, 1.807) is 7.11 Å². The number of piperidine rings is 1. The Morgan fingerprint density at radius 2 is 1.79 bits per heavy atom. The lowest BCUT2D eigenvalue weighted by atomic mass is 9.87. The number of hydrogen-bond acceptors (Lipinski definition) is 3. The first-order valence-corrected chi connectivity index (χ1v) is 7.23. The molecule has 0 bridgehead atoms. The number of ether oxygens (including phenoxy) is 1. The van der Waals surface area contributed by atoms with E-state index in [4.69, 9.17) is 10.5 Å². The number of likely N-dealkylation sites (tertiary alicyclic amines) is 1. The third-order valence-corrected chi connectivity index (χ3v) is 4.19. The quantitative estimate of drug-likeness (QED) is 0.906. The summed E-state index contributed by atoms with van der Waals surface area (Å²) in [6.45, 7) is 8.43. The highest BCUT2D eigenvalue weighted by molar-refractivity contribution is 5.44. The van der Waals surface area contributed by atoms with Gasteiger partial charge in [-0.05, 0) is 62.4 Å². The summed E-state index contributed by atoms with van der Waals surface area (Å²) < 4.78 is 5.44. The number of nitrogens with two attached hydrogens (primary N) is 1. The Morgan fingerprint density at radius 1 is 1.21 bits per heavy atom. The van der Waals surface area contributed by atoms with Gasteiger partial charge in [0.05, 0.1) is 7.11 Å². The molecule has 1 aromatic carbocycles. The second-order valence-electron chi connectivity index (χ2n) is 5.59. The van der Waals surface area contributed by atoms with Crippen LogP contribution in [0.3, 0.4) is 0 Å². The van der Waals surface area contributed by atoms with E-state index >= 15 is 0 Å². The Kier molecular flexibility index (Phi) is 4.83. The SMILES string of the molecule is COc1c(C)cc(C2CCN(CCN)CC2)cc1C. The first kappa shape index (κ1) is 14.4. The van der Waals surface area contributed by atoms with Crippen molar-refractivity contribution in [2.45, 2.75) is 32.6 Å². The van der Waals surface area contributed by atoms with Crippen molar-refractivity contribution in [2.24, 2.45) is 5.73 Å². The van der Waals surface area contributed by atoms with Gasteiger partial charge in [0, 0.05) is 13.1 Å². The summed E-state index contributed by atoms with van der Waals surface area (Å²) in [6, 6.07) is 4.60. The molecule has 2 rings (SSSR count). The fraction of sp³-hybridized carbons (Fsp3) is 0.625. The Labute approximate surface area is 116 Å². The molecule has 1 aromatic rings. The van der Waals surface area contributed by atoms with Gasteiger partial charge >= 0.3 is 0 Å². The molecule has 0 spiro atoms. The normalized spacial score (nSPS) is 17.7. The fourth-order valence-electron chi connectivity index (χ4n) is 3.21. The zero-order valence-electron chi connectivity index (χ0n) is 12.4. The average Bonchev–Trinajstić information content (AvgIpc) is 2.39. The molecule has 3 heteroatoms. The van der Waals surface area contributed by atoms with E-state index in [0.717, 1.165) is 18.8 Å². The van der Waals surface area contributed by atoms with Crippen molar-refractivity contribution >= 4 is 0 Å². The highest BCUT2D eigenvalue weighted by Crippen LogP contribution is 2.33. The molecule has 106 valence electrons. The molecule has 1 aliphatic heterocycles. The van der Waals surface area contributed by atoms with Gasteiger partial charge in [0.15, 0.2) is 0 Å². The van der Waals surface area contributed by atoms with Crippen molar-refractivity contribution in [3.05, 3.63) is 28.8 Å². The Hall–Kier alpha value is -1.06. The minimum atomic E-state index is 0.692. The predicted molar refractivity (Wildman–Crippen MR) is 79.9 cm³/mol. The average molecular weight is 262 g/mol. The van der Waals surface area contributed by atoms with E-state index in [1.807, 2.05) is 0 Å². The molecular formula is C16H26N2O. The van der Waals surface area contributed by atoms with Crippen LogP contribution < -0.4 is 10.5 Å². The highest BCUT2D eigenvalue weighted by Gasteiger charge is 2.21. The van der Waals surface area contributed by atoms with Crippen LogP contribution in [0.2, 0.25) is 0 Å². The third kappa shape index (κ3) is 3.28. The van der Waals surface area contributed by atoms with E-state index < -0.39 is 0 Å². The molecule has 0 atom stereocenters. The van der Waals surface area contributed by atoms with Crippen LogP contribution in [0.25, 0.3) is 0 Å². The molecule has 0 saturated carbocycles. The molecule has 0 amide bonds. The molecule has 1 aliphatic rings. The van der Waals surface area contributed by atoms with E-state index in [9.17, 15) is 0 Å². The summed E-state index contributed by atoms with van der Waals surface area (Å²) in [5.74, 6) is 1.72. The molecule has 1 saturated heterocycles. The molecule has 0 aliphatic carbocycles. The topological polar surface area (TPSA) is 38.5 Å². The summed E-state index contributed by atoms with van der Waals surface area (Å²) >= 11 is 0. The van der Waals surface area contributed by atoms with E-state index in [2.05, 4.69) is 30.9 Å². The third-order valence-electron chi connectivity index (χ3n) is 4.19. The smallest absolute Gasteiger partial charge is 0.124 e. The van der Waals surface area contributed by atoms with Crippen LogP contribution in [0.5, 0.6) is 5.75 Å². The van der Waals surface area contributed by atoms with Gasteiger partial charge in [-0.1, -0.05) is 12.1 Å². The molecule has 0 aromatic heterocycles. The van der Waals surface area contributed by atoms with Crippen molar-refractivity contribution in [3.8, 4) is 5.75 Å². The largest absolute Gasteiger partial charge is 0.496 e. The van der Waals surface area contributed by atoms with Crippen LogP contribution in [0.4, 0.5) is 0 Å². The molecule has 1 heterocycles. The maximum absolute atomic E-state index is 5.62. The standard InChI is InChI=1S/C16H26N2O/c1-12-10-15(11-13(2)16(12)19-3)14-4-7-18(8-5-14)9-6-17/h10-11,14H,4-9,17H2,1-3H3. The number of aryl methyl sites for hydroxylation is 2. The van der Waals surface area contributed by atoms with Gasteiger partial charge in [0.2, 0.25) is 0 Å². The monoisotopic (exact) mass is 262 g/mol. The highest BCUT2D eigenvalue weighted by atomic mass is 16.5. The molecule has 2 N–H and O–H groups in total. The zero-order chi connectivity index (χ0) is 13.8. The number of benzene rings is 1. The van der Waals surface area contributed by atoms with Gasteiger partial charge in [-0.25, -0.2) is 0 Å². The Morgan fingerprint density at radius 3 is 2.26 bits per heavy atom. The number of hydrogen-bond donors (Lipinski definition) is 1. The van der Waals surface area contributed by atoms with Crippen molar-refractivity contribution in [1.82, 2.24) is 4.90 Å². The lowest BCUT2D eigenvalue weighted by Crippen LogP contribution is -2.36. The molecule has 1 fully saturated rings. The minimum Gasteiger partial charge on any atom is -0.496 e. The Bertz CT molecular complexity index is 400. The van der Waals surface area contributed by atoms with Gasteiger partial charge in [-0.2, -0.15) is 0 Å². The van der Waals surface area contributed by atoms with Gasteiger partial charge in [0.1, 0.15) is 5.75 Å². The van der Waals surface area contributed by atoms with Gasteiger partial charge < -0.3 is 15.4 Å². The van der Waals surface area contributed by atoms with Crippen LogP contribution in [0, 0.1) is 13.8 Å². The molecule has 3 nitrogen and oxygen atoms in total. The summed E-state index contributed by atoms with van der Waals surface area (Å²) in [6.07, 6.45) is 2.48. The van der Waals surface area contributed by atoms with Gasteiger partial charge in [0.25, 0.3) is 0 Å². The van der Waals surface area contributed by atoms with Crippen molar-refractivity contribution in [3.63, 3.8) is 0 Å². The van der Waals surface area contributed by atoms with Crippen LogP contribution >= 0.6 is 0 Å². The summed E-state index contributed by atoms with van der Waals surface area (Å²) in [5.41, 5.74) is 9.60. The minimum absolute atomic E-state index is 0.692. The number of methoxy groups -OCH3 is 1. The van der Waals surface area contributed by atoms with Crippen molar-refractivity contribution < 1.29 is 4.74 Å². The first-order valence-electron chi connectivity index (χ1n) is 7.23. The van der Waals surface area contributed by atoms with Crippen molar-refractivity contribution in [2.75, 3.05) is 33.3 Å². The summed E-state index contributed by atoms with van der Waals surface area (Å²) in [5, 5.41) is 0. The lowest BCUT2D eigenvalue weighted by Gasteiger charge is -2.32. The molecular weight excluding hydrogens is 236 g/mol. The number of nitrogens with zero attached hydrogens (tertiary/aromatic N) is 1. The molecule has 0 radical (unpaired) electrons. The van der Waals surface area contributed by atoms with E-state index in [1.165, 1.54) is 42.6 Å². The molecule has 19 heavy (non-hydrogen) atoms. The zero-order valence-corrected chi connectivity index (χ0v) is 12.4. The fourth-order valence-corrected chi connectivity index (χ4v) is 3.21. The van der Waals surface area contributed by atoms with Gasteiger partial charge in [-0.15, -0.1) is 0 Å². The second kappa shape index (κ2) is 6.40. The predicted octanol–water partition coefficient (Wildman–Crippen LogP) is 2.45. The van der Waals surface area contributed by atoms with Crippen LogP contribution in [-0.2, 0) is 0 Å². The lowest BCUT2D eigenvalue weighted by molar-refractivity contribution is 0.217. The van der Waals surface area contributed by atoms with Crippen LogP contribution in [0.1, 0.15) is 35.4 Å². The maximum Gasteiger partial charge on any atom is 0.124 e. The van der Waals surface area contributed by atoms with E-state index in [0.29, 0.717) is 5.92 Å². The Balaban J connectivity index is 2.07. The summed E-state index contributed by atoms with van der Waals surface area (Å²) in [4.78, 5) is 2.47. The van der Waals surface area contributed by atoms with E-state index in [-0.39, 0.29) is 0 Å². The first-order chi connectivity index (χ1) is 9.15. The number of rotatable bonds is 4. The van der Waals surface area contributed by atoms with Crippen LogP contribution in [-0.4, -0.2) is 38.2 Å². The molecule has 0 unspecified atom stereocenters. The van der Waals surface area contributed by atoms with Crippen LogP contribution in [0.15, 0.2) is 12.1 Å². The second-order valence-corrected chi connectivity index (χ2v) is 5.59. The summed E-state index contributed by atoms with van der Waals surface area (Å²) in [7, 11) is 1.75. The maximum atomic E-state index is 5.62.